The number of rotatable bonds is 3. The van der Waals surface area contributed by atoms with Crippen LogP contribution in [0.25, 0.3) is 0 Å². The quantitative estimate of drug-likeness (QED) is 0.837. The number of fused-ring (bicyclic) bond motifs is 1. The van der Waals surface area contributed by atoms with Gasteiger partial charge in [0.25, 0.3) is 0 Å². The smallest absolute Gasteiger partial charge is 0.219 e. The summed E-state index contributed by atoms with van der Waals surface area (Å²) in [6, 6.07) is 6.05. The standard InChI is InChI=1S/C21H27N5O/c1-15-19-7-5-11-26(14-18-6-3-4-10-22-18)21(19)24-20(23-15)17-8-12-25(13-9-17)16(2)27/h3-4,6,10,17H,5,7-9,11-14H2,1-2H3. The van der Waals surface area contributed by atoms with Crippen LogP contribution in [0.1, 0.15) is 54.9 Å². The van der Waals surface area contributed by atoms with E-state index < -0.39 is 0 Å². The largest absolute Gasteiger partial charge is 0.350 e. The molecule has 0 aliphatic carbocycles. The number of hydrogen-bond donors (Lipinski definition) is 0. The first-order valence-electron chi connectivity index (χ1n) is 9.89. The maximum atomic E-state index is 11.6. The van der Waals surface area contributed by atoms with Crippen LogP contribution >= 0.6 is 0 Å². The van der Waals surface area contributed by atoms with Crippen LogP contribution in [0.15, 0.2) is 24.4 Å². The van der Waals surface area contributed by atoms with Crippen LogP contribution in [0.4, 0.5) is 5.82 Å². The lowest BCUT2D eigenvalue weighted by Crippen LogP contribution is -2.37. The molecule has 142 valence electrons. The first-order valence-corrected chi connectivity index (χ1v) is 9.89. The lowest BCUT2D eigenvalue weighted by Gasteiger charge is -2.33. The van der Waals surface area contributed by atoms with Crippen molar-refractivity contribution in [1.82, 2.24) is 19.9 Å². The third kappa shape index (κ3) is 3.80. The highest BCUT2D eigenvalue weighted by Crippen LogP contribution is 2.32. The molecule has 4 heterocycles. The van der Waals surface area contributed by atoms with E-state index in [-0.39, 0.29) is 5.91 Å². The Bertz CT molecular complexity index is 815. The normalized spacial score (nSPS) is 17.7. The van der Waals surface area contributed by atoms with Gasteiger partial charge in [0.2, 0.25) is 5.91 Å². The third-order valence-corrected chi connectivity index (χ3v) is 5.75. The molecular formula is C21H27N5O. The highest BCUT2D eigenvalue weighted by Gasteiger charge is 2.28. The maximum absolute atomic E-state index is 11.6. The number of aryl methyl sites for hydroxylation is 1. The van der Waals surface area contributed by atoms with Crippen molar-refractivity contribution in [2.45, 2.75) is 52.0 Å². The molecule has 2 aromatic heterocycles. The fraction of sp³-hybridized carbons (Fsp3) is 0.524. The van der Waals surface area contributed by atoms with E-state index in [2.05, 4.69) is 22.9 Å². The van der Waals surface area contributed by atoms with Gasteiger partial charge in [0.1, 0.15) is 11.6 Å². The first kappa shape index (κ1) is 17.9. The summed E-state index contributed by atoms with van der Waals surface area (Å²) in [6.45, 7) is 7.15. The summed E-state index contributed by atoms with van der Waals surface area (Å²) in [5.74, 6) is 2.53. The molecule has 0 radical (unpaired) electrons. The topological polar surface area (TPSA) is 62.2 Å². The summed E-state index contributed by atoms with van der Waals surface area (Å²) in [5, 5.41) is 0. The molecule has 27 heavy (non-hydrogen) atoms. The molecule has 0 unspecified atom stereocenters. The summed E-state index contributed by atoms with van der Waals surface area (Å²) in [7, 11) is 0. The first-order chi connectivity index (χ1) is 13.1. The van der Waals surface area contributed by atoms with E-state index in [0.717, 1.165) is 74.9 Å². The van der Waals surface area contributed by atoms with E-state index in [1.165, 1.54) is 5.56 Å². The minimum atomic E-state index is 0.164. The number of amides is 1. The molecule has 0 bridgehead atoms. The van der Waals surface area contributed by atoms with E-state index in [1.807, 2.05) is 23.2 Å². The molecule has 1 fully saturated rings. The van der Waals surface area contributed by atoms with Crippen molar-refractivity contribution in [3.63, 3.8) is 0 Å². The van der Waals surface area contributed by atoms with E-state index >= 15 is 0 Å². The molecule has 2 aromatic rings. The van der Waals surface area contributed by atoms with E-state index in [0.29, 0.717) is 5.92 Å². The van der Waals surface area contributed by atoms with Gasteiger partial charge in [-0.3, -0.25) is 9.78 Å². The number of carbonyl (C=O) groups is 1. The van der Waals surface area contributed by atoms with Crippen LogP contribution in [0.3, 0.4) is 0 Å². The molecule has 2 aliphatic rings. The maximum Gasteiger partial charge on any atom is 0.219 e. The van der Waals surface area contributed by atoms with Gasteiger partial charge in [0.15, 0.2) is 0 Å². The zero-order chi connectivity index (χ0) is 18.8. The van der Waals surface area contributed by atoms with Gasteiger partial charge < -0.3 is 9.80 Å². The summed E-state index contributed by atoms with van der Waals surface area (Å²) in [4.78, 5) is 30.2. The molecule has 6 heteroatoms. The number of nitrogens with zero attached hydrogens (tertiary/aromatic N) is 5. The lowest BCUT2D eigenvalue weighted by molar-refractivity contribution is -0.129. The van der Waals surface area contributed by atoms with Crippen molar-refractivity contribution in [1.29, 1.82) is 0 Å². The van der Waals surface area contributed by atoms with Gasteiger partial charge in [-0.05, 0) is 44.7 Å². The fourth-order valence-corrected chi connectivity index (χ4v) is 4.19. The van der Waals surface area contributed by atoms with Gasteiger partial charge in [0, 0.05) is 49.9 Å². The van der Waals surface area contributed by atoms with Gasteiger partial charge in [0.05, 0.1) is 12.2 Å². The van der Waals surface area contributed by atoms with Gasteiger partial charge in [-0.1, -0.05) is 6.07 Å². The van der Waals surface area contributed by atoms with Crippen LogP contribution in [0.5, 0.6) is 0 Å². The van der Waals surface area contributed by atoms with E-state index in [9.17, 15) is 4.79 Å². The molecule has 1 saturated heterocycles. The monoisotopic (exact) mass is 365 g/mol. The lowest BCUT2D eigenvalue weighted by atomic mass is 9.95. The average molecular weight is 365 g/mol. The average Bonchev–Trinajstić information content (AvgIpc) is 2.69. The molecular weight excluding hydrogens is 338 g/mol. The molecule has 0 saturated carbocycles. The minimum absolute atomic E-state index is 0.164. The van der Waals surface area contributed by atoms with Crippen LogP contribution in [0, 0.1) is 6.92 Å². The van der Waals surface area contributed by atoms with Gasteiger partial charge in [-0.2, -0.15) is 0 Å². The minimum Gasteiger partial charge on any atom is -0.350 e. The SMILES string of the molecule is CC(=O)N1CCC(c2nc(C)c3c(n2)N(Cc2ccccn2)CCC3)CC1. The van der Waals surface area contributed by atoms with E-state index in [1.54, 1.807) is 6.92 Å². The number of carbonyl (C=O) groups excluding carboxylic acids is 1. The third-order valence-electron chi connectivity index (χ3n) is 5.75. The highest BCUT2D eigenvalue weighted by atomic mass is 16.2. The van der Waals surface area contributed by atoms with Gasteiger partial charge in [-0.15, -0.1) is 0 Å². The number of hydrogen-bond acceptors (Lipinski definition) is 5. The van der Waals surface area contributed by atoms with Crippen molar-refractivity contribution >= 4 is 11.7 Å². The van der Waals surface area contributed by atoms with Gasteiger partial charge >= 0.3 is 0 Å². The van der Waals surface area contributed by atoms with Crippen molar-refractivity contribution in [2.24, 2.45) is 0 Å². The Balaban J connectivity index is 1.58. The molecule has 6 nitrogen and oxygen atoms in total. The Labute approximate surface area is 160 Å². The zero-order valence-electron chi connectivity index (χ0n) is 16.2. The number of likely N-dealkylation sites (tertiary alicyclic amines) is 1. The Kier molecular flexibility index (Phi) is 5.05. The Morgan fingerprint density at radius 1 is 1.19 bits per heavy atom. The molecule has 0 atom stereocenters. The van der Waals surface area contributed by atoms with Crippen molar-refractivity contribution < 1.29 is 4.79 Å². The number of pyridine rings is 1. The highest BCUT2D eigenvalue weighted by molar-refractivity contribution is 5.73. The predicted octanol–water partition coefficient (Wildman–Crippen LogP) is 2.86. The van der Waals surface area contributed by atoms with Crippen molar-refractivity contribution in [3.05, 3.63) is 47.2 Å². The van der Waals surface area contributed by atoms with Crippen LogP contribution in [-0.4, -0.2) is 45.4 Å². The number of aromatic nitrogens is 3. The molecule has 0 N–H and O–H groups in total. The predicted molar refractivity (Wildman–Crippen MR) is 105 cm³/mol. The number of anilines is 1. The van der Waals surface area contributed by atoms with Crippen molar-refractivity contribution in [2.75, 3.05) is 24.5 Å². The second kappa shape index (κ2) is 7.62. The summed E-state index contributed by atoms with van der Waals surface area (Å²) < 4.78 is 0. The van der Waals surface area contributed by atoms with Crippen LogP contribution in [0.2, 0.25) is 0 Å². The van der Waals surface area contributed by atoms with Gasteiger partial charge in [-0.25, -0.2) is 9.97 Å². The fourth-order valence-electron chi connectivity index (χ4n) is 4.19. The summed E-state index contributed by atoms with van der Waals surface area (Å²) in [5.41, 5.74) is 3.45. The zero-order valence-corrected chi connectivity index (χ0v) is 16.2. The number of piperidine rings is 1. The van der Waals surface area contributed by atoms with Crippen molar-refractivity contribution in [3.8, 4) is 0 Å². The molecule has 2 aliphatic heterocycles. The summed E-state index contributed by atoms with van der Waals surface area (Å²) >= 11 is 0. The van der Waals surface area contributed by atoms with E-state index in [4.69, 9.17) is 9.97 Å². The molecule has 1 amide bonds. The Morgan fingerprint density at radius 2 is 2.00 bits per heavy atom. The summed E-state index contributed by atoms with van der Waals surface area (Å²) in [6.07, 6.45) is 5.90. The van der Waals surface area contributed by atoms with Crippen LogP contribution < -0.4 is 4.90 Å². The molecule has 0 spiro atoms. The molecule has 4 rings (SSSR count). The Hall–Kier alpha value is -2.50. The second-order valence-corrected chi connectivity index (χ2v) is 7.60. The molecule has 0 aromatic carbocycles. The Morgan fingerprint density at radius 3 is 2.70 bits per heavy atom. The van der Waals surface area contributed by atoms with Crippen LogP contribution in [-0.2, 0) is 17.8 Å². The second-order valence-electron chi connectivity index (χ2n) is 7.60.